The summed E-state index contributed by atoms with van der Waals surface area (Å²) in [5.41, 5.74) is 0.946. The summed E-state index contributed by atoms with van der Waals surface area (Å²) in [4.78, 5) is 0. The van der Waals surface area contributed by atoms with Gasteiger partial charge in [-0.3, -0.25) is 0 Å². The van der Waals surface area contributed by atoms with Gasteiger partial charge in [-0.05, 0) is 31.9 Å². The summed E-state index contributed by atoms with van der Waals surface area (Å²) < 4.78 is 20.2. The van der Waals surface area contributed by atoms with Gasteiger partial charge in [-0.2, -0.15) is 0 Å². The quantitative estimate of drug-likeness (QED) is 0.902. The van der Waals surface area contributed by atoms with Gasteiger partial charge in [0.05, 0.1) is 6.10 Å². The van der Waals surface area contributed by atoms with Gasteiger partial charge in [-0.25, -0.2) is 4.39 Å². The number of benzene rings is 1. The van der Waals surface area contributed by atoms with Gasteiger partial charge in [0.2, 0.25) is 0 Å². The van der Waals surface area contributed by atoms with E-state index in [9.17, 15) is 4.39 Å². The largest absolute Gasteiger partial charge is 0.487 e. The van der Waals surface area contributed by atoms with E-state index in [4.69, 9.17) is 4.74 Å². The Morgan fingerprint density at radius 1 is 1.41 bits per heavy atom. The highest BCUT2D eigenvalue weighted by Crippen LogP contribution is 2.40. The van der Waals surface area contributed by atoms with Gasteiger partial charge >= 0.3 is 0 Å². The van der Waals surface area contributed by atoms with Crippen LogP contribution in [0.2, 0.25) is 0 Å². The minimum Gasteiger partial charge on any atom is -0.487 e. The van der Waals surface area contributed by atoms with E-state index in [-0.39, 0.29) is 18.0 Å². The molecule has 2 atom stereocenters. The van der Waals surface area contributed by atoms with Crippen LogP contribution in [0.5, 0.6) is 5.75 Å². The highest BCUT2D eigenvalue weighted by molar-refractivity contribution is 9.10. The van der Waals surface area contributed by atoms with Gasteiger partial charge in [0.25, 0.3) is 0 Å². The molecule has 1 aromatic rings. The fourth-order valence-electron chi connectivity index (χ4n) is 2.36. The molecular formula is C13H15BrFNO. The van der Waals surface area contributed by atoms with Crippen molar-refractivity contribution in [1.82, 2.24) is 5.32 Å². The Morgan fingerprint density at radius 3 is 2.88 bits per heavy atom. The van der Waals surface area contributed by atoms with Crippen molar-refractivity contribution >= 4 is 15.9 Å². The molecule has 2 nitrogen and oxygen atoms in total. The minimum atomic E-state index is -0.275. The lowest BCUT2D eigenvalue weighted by Crippen LogP contribution is -2.33. The van der Waals surface area contributed by atoms with E-state index in [0.29, 0.717) is 11.8 Å². The minimum absolute atomic E-state index is 0.0643. The van der Waals surface area contributed by atoms with E-state index >= 15 is 0 Å². The first-order chi connectivity index (χ1) is 8.13. The van der Waals surface area contributed by atoms with E-state index < -0.39 is 0 Å². The van der Waals surface area contributed by atoms with Crippen molar-refractivity contribution in [3.05, 3.63) is 28.0 Å². The van der Waals surface area contributed by atoms with Crippen molar-refractivity contribution in [3.8, 4) is 5.75 Å². The SMILES string of the molecule is CC1CC(NC2CC2)c2cc(Br)cc(F)c2O1. The fourth-order valence-corrected chi connectivity index (χ4v) is 2.81. The van der Waals surface area contributed by atoms with Crippen LogP contribution in [0.3, 0.4) is 0 Å². The van der Waals surface area contributed by atoms with E-state index in [0.717, 1.165) is 16.5 Å². The zero-order valence-electron chi connectivity index (χ0n) is 9.67. The standard InChI is InChI=1S/C13H15BrFNO/c1-7-4-12(16-9-2-3-9)10-5-8(14)6-11(15)13(10)17-7/h5-7,9,12,16H,2-4H2,1H3. The summed E-state index contributed by atoms with van der Waals surface area (Å²) in [6.45, 7) is 1.99. The van der Waals surface area contributed by atoms with Crippen molar-refractivity contribution in [3.63, 3.8) is 0 Å². The van der Waals surface area contributed by atoms with Gasteiger partial charge in [0, 0.05) is 28.5 Å². The molecule has 0 aromatic heterocycles. The molecule has 92 valence electrons. The average molecular weight is 300 g/mol. The molecule has 2 aliphatic rings. The number of fused-ring (bicyclic) bond motifs is 1. The Labute approximate surface area is 109 Å². The summed E-state index contributed by atoms with van der Waals surface area (Å²) in [5.74, 6) is 0.147. The highest BCUT2D eigenvalue weighted by atomic mass is 79.9. The predicted octanol–water partition coefficient (Wildman–Crippen LogP) is 3.55. The molecule has 1 heterocycles. The summed E-state index contributed by atoms with van der Waals surface area (Å²) in [6.07, 6.45) is 3.43. The molecule has 0 radical (unpaired) electrons. The second-order valence-electron chi connectivity index (χ2n) is 4.96. The first-order valence-corrected chi connectivity index (χ1v) is 6.84. The second-order valence-corrected chi connectivity index (χ2v) is 5.88. The van der Waals surface area contributed by atoms with E-state index in [1.165, 1.54) is 18.9 Å². The number of hydrogen-bond acceptors (Lipinski definition) is 2. The van der Waals surface area contributed by atoms with E-state index in [1.54, 1.807) is 0 Å². The lowest BCUT2D eigenvalue weighted by molar-refractivity contribution is 0.157. The normalized spacial score (nSPS) is 27.5. The maximum Gasteiger partial charge on any atom is 0.166 e. The van der Waals surface area contributed by atoms with Crippen LogP contribution in [0, 0.1) is 5.82 Å². The van der Waals surface area contributed by atoms with Crippen molar-refractivity contribution < 1.29 is 9.13 Å². The molecule has 0 bridgehead atoms. The van der Waals surface area contributed by atoms with Crippen LogP contribution in [-0.2, 0) is 0 Å². The Balaban J connectivity index is 1.97. The molecule has 0 amide bonds. The van der Waals surface area contributed by atoms with Gasteiger partial charge in [-0.1, -0.05) is 15.9 Å². The van der Waals surface area contributed by atoms with E-state index in [2.05, 4.69) is 21.2 Å². The Bertz CT molecular complexity index is 447. The number of hydrogen-bond donors (Lipinski definition) is 1. The molecule has 1 aliphatic heterocycles. The van der Waals surface area contributed by atoms with Gasteiger partial charge in [-0.15, -0.1) is 0 Å². The maximum atomic E-state index is 13.8. The molecule has 1 aromatic carbocycles. The first kappa shape index (κ1) is 11.5. The van der Waals surface area contributed by atoms with Crippen molar-refractivity contribution in [2.45, 2.75) is 44.4 Å². The first-order valence-electron chi connectivity index (χ1n) is 6.05. The third kappa shape index (κ3) is 2.33. The Morgan fingerprint density at radius 2 is 2.18 bits per heavy atom. The van der Waals surface area contributed by atoms with Crippen LogP contribution >= 0.6 is 15.9 Å². The molecule has 4 heteroatoms. The smallest absolute Gasteiger partial charge is 0.166 e. The Hall–Kier alpha value is -0.610. The second kappa shape index (κ2) is 4.25. The third-order valence-electron chi connectivity index (χ3n) is 3.31. The van der Waals surface area contributed by atoms with Gasteiger partial charge < -0.3 is 10.1 Å². The van der Waals surface area contributed by atoms with Crippen LogP contribution in [0.1, 0.15) is 37.8 Å². The van der Waals surface area contributed by atoms with Crippen LogP contribution in [0.25, 0.3) is 0 Å². The molecule has 1 saturated carbocycles. The molecule has 1 aliphatic carbocycles. The molecular weight excluding hydrogens is 285 g/mol. The number of nitrogens with one attached hydrogen (secondary N) is 1. The zero-order valence-corrected chi connectivity index (χ0v) is 11.3. The van der Waals surface area contributed by atoms with E-state index in [1.807, 2.05) is 13.0 Å². The lowest BCUT2D eigenvalue weighted by Gasteiger charge is -2.31. The monoisotopic (exact) mass is 299 g/mol. The maximum absolute atomic E-state index is 13.8. The topological polar surface area (TPSA) is 21.3 Å². The van der Waals surface area contributed by atoms with Crippen molar-refractivity contribution in [1.29, 1.82) is 0 Å². The molecule has 1 fully saturated rings. The van der Waals surface area contributed by atoms with Crippen LogP contribution in [-0.4, -0.2) is 12.1 Å². The zero-order chi connectivity index (χ0) is 12.0. The molecule has 2 unspecified atom stereocenters. The summed E-state index contributed by atoms with van der Waals surface area (Å²) >= 11 is 3.34. The molecule has 0 saturated heterocycles. The van der Waals surface area contributed by atoms with Crippen molar-refractivity contribution in [2.24, 2.45) is 0 Å². The highest BCUT2D eigenvalue weighted by Gasteiger charge is 2.32. The van der Waals surface area contributed by atoms with Gasteiger partial charge in [0.1, 0.15) is 0 Å². The molecule has 1 N–H and O–H groups in total. The number of ether oxygens (including phenoxy) is 1. The number of halogens is 2. The molecule has 17 heavy (non-hydrogen) atoms. The molecule has 3 rings (SSSR count). The Kier molecular flexibility index (Phi) is 2.87. The predicted molar refractivity (Wildman–Crippen MR) is 67.7 cm³/mol. The van der Waals surface area contributed by atoms with Crippen LogP contribution in [0.15, 0.2) is 16.6 Å². The lowest BCUT2D eigenvalue weighted by atomic mass is 9.96. The summed E-state index contributed by atoms with van der Waals surface area (Å²) in [6, 6.07) is 4.25. The number of rotatable bonds is 2. The average Bonchev–Trinajstić information content (AvgIpc) is 3.04. The fraction of sp³-hybridized carbons (Fsp3) is 0.538. The molecule has 0 spiro atoms. The summed E-state index contributed by atoms with van der Waals surface area (Å²) in [7, 11) is 0. The van der Waals surface area contributed by atoms with Gasteiger partial charge in [0.15, 0.2) is 11.6 Å². The van der Waals surface area contributed by atoms with Crippen molar-refractivity contribution in [2.75, 3.05) is 0 Å². The third-order valence-corrected chi connectivity index (χ3v) is 3.77. The van der Waals surface area contributed by atoms with Crippen LogP contribution in [0.4, 0.5) is 4.39 Å². The summed E-state index contributed by atoms with van der Waals surface area (Å²) in [5, 5.41) is 3.57. The van der Waals surface area contributed by atoms with Crippen LogP contribution < -0.4 is 10.1 Å².